The third kappa shape index (κ3) is 4.88. The minimum Gasteiger partial charge on any atom is -0.496 e. The lowest BCUT2D eigenvalue weighted by Crippen LogP contribution is -2.43. The van der Waals surface area contributed by atoms with Gasteiger partial charge < -0.3 is 24.4 Å². The number of nitrogens with one attached hydrogen (secondary N) is 1. The van der Waals surface area contributed by atoms with Crippen molar-refractivity contribution in [3.63, 3.8) is 0 Å². The van der Waals surface area contributed by atoms with Crippen molar-refractivity contribution in [2.24, 2.45) is 5.92 Å². The Bertz CT molecular complexity index is 1110. The van der Waals surface area contributed by atoms with E-state index in [1.807, 2.05) is 44.5 Å². The summed E-state index contributed by atoms with van der Waals surface area (Å²) < 4.78 is 18.6. The zero-order valence-electron chi connectivity index (χ0n) is 21.5. The molecule has 0 saturated carbocycles. The summed E-state index contributed by atoms with van der Waals surface area (Å²) in [6, 6.07) is 3.99. The number of hydrogen-bond acceptors (Lipinski definition) is 6. The molecule has 9 nitrogen and oxygen atoms in total. The molecule has 0 radical (unpaired) electrons. The van der Waals surface area contributed by atoms with E-state index >= 15 is 0 Å². The molecule has 2 aliphatic rings. The molecule has 1 N–H and O–H groups in total. The van der Waals surface area contributed by atoms with Crippen molar-refractivity contribution in [3.05, 3.63) is 29.1 Å². The molecule has 3 heterocycles. The second-order valence-corrected chi connectivity index (χ2v) is 10.2. The molecule has 1 aromatic carbocycles. The maximum atomic E-state index is 12.5. The van der Waals surface area contributed by atoms with Crippen molar-refractivity contribution in [3.8, 4) is 22.8 Å². The van der Waals surface area contributed by atoms with Crippen molar-refractivity contribution < 1.29 is 19.0 Å². The fourth-order valence-electron chi connectivity index (χ4n) is 5.04. The van der Waals surface area contributed by atoms with Crippen LogP contribution in [0.2, 0.25) is 0 Å². The summed E-state index contributed by atoms with van der Waals surface area (Å²) >= 11 is 0. The first kappa shape index (κ1) is 24.7. The van der Waals surface area contributed by atoms with Crippen molar-refractivity contribution in [2.75, 3.05) is 39.2 Å². The van der Waals surface area contributed by atoms with Gasteiger partial charge in [-0.05, 0) is 70.6 Å². The predicted octanol–water partition coefficient (Wildman–Crippen LogP) is 5.43. The monoisotopic (exact) mass is 481 g/mol. The number of rotatable bonds is 4. The summed E-state index contributed by atoms with van der Waals surface area (Å²) in [5, 5.41) is 8.36. The highest BCUT2D eigenvalue weighted by Crippen LogP contribution is 2.45. The molecule has 2 aliphatic heterocycles. The Labute approximate surface area is 207 Å². The summed E-state index contributed by atoms with van der Waals surface area (Å²) in [7, 11) is 3.25. The fraction of sp³-hybridized carbons (Fsp3) is 0.577. The molecule has 35 heavy (non-hydrogen) atoms. The summed E-state index contributed by atoms with van der Waals surface area (Å²) in [5.41, 5.74) is 2.32. The number of aromatic nitrogens is 2. The largest absolute Gasteiger partial charge is 0.496 e. The van der Waals surface area contributed by atoms with Gasteiger partial charge >= 0.3 is 6.09 Å². The quantitative estimate of drug-likeness (QED) is 0.587. The summed E-state index contributed by atoms with van der Waals surface area (Å²) in [6.07, 6.45) is 2.42. The maximum Gasteiger partial charge on any atom is 0.410 e. The first-order valence-corrected chi connectivity index (χ1v) is 12.1. The van der Waals surface area contributed by atoms with Crippen molar-refractivity contribution in [1.82, 2.24) is 14.7 Å². The minimum absolute atomic E-state index is 0.163. The number of likely N-dealkylation sites (tertiary alicyclic amines) is 1. The summed E-state index contributed by atoms with van der Waals surface area (Å²) in [5.74, 6) is 2.52. The van der Waals surface area contributed by atoms with Gasteiger partial charge in [0.25, 0.3) is 5.69 Å². The number of carbonyl (C=O) groups excluding carboxylic acids is 1. The van der Waals surface area contributed by atoms with Gasteiger partial charge in [0.2, 0.25) is 0 Å². The molecule has 2 aromatic rings. The molecular weight excluding hydrogens is 446 g/mol. The van der Waals surface area contributed by atoms with Crippen LogP contribution >= 0.6 is 0 Å². The summed E-state index contributed by atoms with van der Waals surface area (Å²) in [6.45, 7) is 17.6. The third-order valence-electron chi connectivity index (χ3n) is 6.81. The molecule has 0 aliphatic carbocycles. The lowest BCUT2D eigenvalue weighted by Gasteiger charge is -2.38. The Kier molecular flexibility index (Phi) is 6.84. The Hall–Kier alpha value is -3.41. The zero-order valence-corrected chi connectivity index (χ0v) is 21.5. The highest BCUT2D eigenvalue weighted by atomic mass is 16.6. The standard InChI is InChI=1S/C26H35N5O4/c1-16-20(33-6)14-18(15-21(16)34-7)22-23(27-5)24-28-11-8-19(31(24)29-22)17-9-12-30(13-10-17)25(32)35-26(2,3)4/h14-15,17,19,28H,8-13H2,1-4,6-7H3. The van der Waals surface area contributed by atoms with Crippen LogP contribution in [0.4, 0.5) is 16.3 Å². The van der Waals surface area contributed by atoms with Crippen LogP contribution in [0.3, 0.4) is 0 Å². The Morgan fingerprint density at radius 1 is 1.14 bits per heavy atom. The van der Waals surface area contributed by atoms with Gasteiger partial charge in [0.1, 0.15) is 28.6 Å². The number of fused-ring (bicyclic) bond motifs is 1. The van der Waals surface area contributed by atoms with Gasteiger partial charge in [-0.15, -0.1) is 0 Å². The van der Waals surface area contributed by atoms with Crippen LogP contribution in [0, 0.1) is 19.4 Å². The van der Waals surface area contributed by atoms with E-state index in [-0.39, 0.29) is 12.1 Å². The lowest BCUT2D eigenvalue weighted by molar-refractivity contribution is 0.0157. The number of carbonyl (C=O) groups is 1. The molecule has 188 valence electrons. The Morgan fingerprint density at radius 2 is 1.77 bits per heavy atom. The molecule has 1 fully saturated rings. The second-order valence-electron chi connectivity index (χ2n) is 10.2. The Balaban J connectivity index is 1.61. The normalized spacial score (nSPS) is 18.3. The first-order valence-electron chi connectivity index (χ1n) is 12.1. The number of amides is 1. The number of ether oxygens (including phenoxy) is 3. The predicted molar refractivity (Wildman–Crippen MR) is 134 cm³/mol. The molecule has 0 spiro atoms. The van der Waals surface area contributed by atoms with Crippen molar-refractivity contribution >= 4 is 17.6 Å². The zero-order chi connectivity index (χ0) is 25.3. The summed E-state index contributed by atoms with van der Waals surface area (Å²) in [4.78, 5) is 18.1. The minimum atomic E-state index is -0.499. The molecular formula is C26H35N5O4. The van der Waals surface area contributed by atoms with Crippen molar-refractivity contribution in [2.45, 2.75) is 58.6 Å². The van der Waals surface area contributed by atoms with Gasteiger partial charge in [-0.2, -0.15) is 5.10 Å². The van der Waals surface area contributed by atoms with E-state index in [0.717, 1.165) is 42.8 Å². The first-order chi connectivity index (χ1) is 16.7. The highest BCUT2D eigenvalue weighted by molar-refractivity contribution is 5.85. The average molecular weight is 482 g/mol. The maximum absolute atomic E-state index is 12.5. The van der Waals surface area contributed by atoms with E-state index in [0.29, 0.717) is 41.9 Å². The molecule has 9 heteroatoms. The van der Waals surface area contributed by atoms with Gasteiger partial charge in [-0.3, -0.25) is 4.68 Å². The van der Waals surface area contributed by atoms with E-state index < -0.39 is 5.60 Å². The molecule has 1 atom stereocenters. The van der Waals surface area contributed by atoms with Gasteiger partial charge in [0.05, 0.1) is 26.8 Å². The van der Waals surface area contributed by atoms with Crippen LogP contribution < -0.4 is 14.8 Å². The van der Waals surface area contributed by atoms with Gasteiger partial charge in [0.15, 0.2) is 0 Å². The van der Waals surface area contributed by atoms with Crippen LogP contribution in [0.5, 0.6) is 11.5 Å². The number of nitrogens with zero attached hydrogens (tertiary/aromatic N) is 4. The van der Waals surface area contributed by atoms with E-state index in [4.69, 9.17) is 25.9 Å². The molecule has 1 unspecified atom stereocenters. The van der Waals surface area contributed by atoms with E-state index in [1.165, 1.54) is 0 Å². The van der Waals surface area contributed by atoms with Crippen LogP contribution in [0.15, 0.2) is 12.1 Å². The van der Waals surface area contributed by atoms with Gasteiger partial charge in [-0.1, -0.05) is 0 Å². The fourth-order valence-corrected chi connectivity index (χ4v) is 5.04. The van der Waals surface area contributed by atoms with Gasteiger partial charge in [0, 0.05) is 25.2 Å². The van der Waals surface area contributed by atoms with Gasteiger partial charge in [-0.25, -0.2) is 9.64 Å². The van der Waals surface area contributed by atoms with E-state index in [1.54, 1.807) is 19.1 Å². The third-order valence-corrected chi connectivity index (χ3v) is 6.81. The van der Waals surface area contributed by atoms with Crippen LogP contribution in [-0.2, 0) is 4.74 Å². The number of methoxy groups -OCH3 is 2. The molecule has 4 rings (SSSR count). The SMILES string of the molecule is [C-]#[N+]c1c(-c2cc(OC)c(C)c(OC)c2)nn2c1NCCC2C1CCN(C(=O)OC(C)(C)C)CC1. The average Bonchev–Trinajstić information content (AvgIpc) is 3.22. The van der Waals surface area contributed by atoms with E-state index in [9.17, 15) is 4.79 Å². The molecule has 1 saturated heterocycles. The molecule has 0 bridgehead atoms. The number of hydrogen-bond donors (Lipinski definition) is 1. The lowest BCUT2D eigenvalue weighted by atomic mass is 9.87. The number of benzene rings is 1. The topological polar surface area (TPSA) is 82.2 Å². The Morgan fingerprint density at radius 3 is 2.31 bits per heavy atom. The van der Waals surface area contributed by atoms with Crippen LogP contribution in [0.25, 0.3) is 16.1 Å². The van der Waals surface area contributed by atoms with Crippen LogP contribution in [0.1, 0.15) is 51.6 Å². The number of piperidine rings is 1. The van der Waals surface area contributed by atoms with Crippen LogP contribution in [-0.4, -0.2) is 60.2 Å². The highest BCUT2D eigenvalue weighted by Gasteiger charge is 2.36. The van der Waals surface area contributed by atoms with Crippen molar-refractivity contribution in [1.29, 1.82) is 0 Å². The van der Waals surface area contributed by atoms with E-state index in [2.05, 4.69) is 10.2 Å². The molecule has 1 aromatic heterocycles. The smallest absolute Gasteiger partial charge is 0.410 e. The number of anilines is 1. The second kappa shape index (κ2) is 9.68. The molecule has 1 amide bonds.